The molecule has 0 spiro atoms. The largest absolute Gasteiger partial charge is 0.449 e. The van der Waals surface area contributed by atoms with Gasteiger partial charge in [0.2, 0.25) is 18.0 Å². The number of likely N-dealkylation sites (N-methyl/N-ethyl adjacent to an activating group) is 1. The van der Waals surface area contributed by atoms with Crippen molar-refractivity contribution in [3.05, 3.63) is 59.7 Å². The zero-order chi connectivity index (χ0) is 25.3. The number of alkyl carbamates (subject to hydrolysis) is 1. The normalized spacial score (nSPS) is 20.1. The first-order valence-corrected chi connectivity index (χ1v) is 11.0. The summed E-state index contributed by atoms with van der Waals surface area (Å²) in [4.78, 5) is 37.7. The Morgan fingerprint density at radius 1 is 1.09 bits per heavy atom. The number of amides is 3. The van der Waals surface area contributed by atoms with Crippen LogP contribution in [0.15, 0.2) is 48.5 Å². The fourth-order valence-electron chi connectivity index (χ4n) is 4.50. The number of hydrogen-bond acceptors (Lipinski definition) is 5. The lowest BCUT2D eigenvalue weighted by molar-refractivity contribution is -0.239. The van der Waals surface area contributed by atoms with Crippen LogP contribution in [0.25, 0.3) is 11.1 Å². The van der Waals surface area contributed by atoms with Crippen molar-refractivity contribution in [1.29, 1.82) is 0 Å². The van der Waals surface area contributed by atoms with Crippen LogP contribution in [0.2, 0.25) is 0 Å². The molecule has 0 aromatic heterocycles. The maximum atomic E-state index is 13.4. The number of fused-ring (bicyclic) bond motifs is 3. The van der Waals surface area contributed by atoms with Crippen molar-refractivity contribution in [3.63, 3.8) is 0 Å². The van der Waals surface area contributed by atoms with Crippen LogP contribution in [0.1, 0.15) is 24.0 Å². The Hall–Kier alpha value is -3.60. The first-order valence-electron chi connectivity index (χ1n) is 11.0. The average molecular weight is 491 g/mol. The third-order valence-corrected chi connectivity index (χ3v) is 6.13. The van der Waals surface area contributed by atoms with Crippen LogP contribution >= 0.6 is 0 Å². The van der Waals surface area contributed by atoms with E-state index in [1.807, 2.05) is 48.5 Å². The van der Waals surface area contributed by atoms with Gasteiger partial charge < -0.3 is 20.1 Å². The van der Waals surface area contributed by atoms with Gasteiger partial charge in [0.15, 0.2) is 0 Å². The van der Waals surface area contributed by atoms with Gasteiger partial charge in [0.1, 0.15) is 18.7 Å². The highest BCUT2D eigenvalue weighted by Gasteiger charge is 2.55. The smallest absolute Gasteiger partial charge is 0.433 e. The second kappa shape index (κ2) is 9.57. The molecule has 0 bridgehead atoms. The van der Waals surface area contributed by atoms with E-state index in [2.05, 4.69) is 10.6 Å². The molecule has 1 saturated heterocycles. The topological polar surface area (TPSA) is 97.0 Å². The van der Waals surface area contributed by atoms with Gasteiger partial charge in [0, 0.05) is 13.0 Å². The number of carbonyl (C=O) groups is 3. The first-order chi connectivity index (χ1) is 16.6. The third kappa shape index (κ3) is 4.68. The molecule has 2 aromatic rings. The van der Waals surface area contributed by atoms with Crippen molar-refractivity contribution in [1.82, 2.24) is 15.5 Å². The van der Waals surface area contributed by atoms with Gasteiger partial charge in [-0.25, -0.2) is 4.79 Å². The Morgan fingerprint density at radius 2 is 1.66 bits per heavy atom. The van der Waals surface area contributed by atoms with E-state index in [-0.39, 0.29) is 12.5 Å². The van der Waals surface area contributed by atoms with Gasteiger partial charge in [-0.2, -0.15) is 13.2 Å². The number of benzene rings is 2. The molecule has 1 fully saturated rings. The standard InChI is InChI=1S/C24H24F3N3O5/c1-13(21(32)30-19(20(31)28-2)12-34-22(30)24(25,26)27)29-23(33)35-11-18-16-9-5-3-7-14(16)15-8-4-6-10-17(15)18/h3-10,13,18-19,22H,11-12H2,1-2H3,(H,28,31)(H,29,33)/t13-,19-,22+/m0/s1. The lowest BCUT2D eigenvalue weighted by atomic mass is 9.98. The molecule has 0 saturated carbocycles. The average Bonchev–Trinajstić information content (AvgIpc) is 3.42. The first kappa shape index (κ1) is 24.5. The molecular formula is C24H24F3N3O5. The summed E-state index contributed by atoms with van der Waals surface area (Å²) in [5, 5.41) is 4.49. The van der Waals surface area contributed by atoms with Gasteiger partial charge >= 0.3 is 12.3 Å². The van der Waals surface area contributed by atoms with Crippen LogP contribution in [0.3, 0.4) is 0 Å². The van der Waals surface area contributed by atoms with Crippen molar-refractivity contribution in [2.24, 2.45) is 0 Å². The Labute approximate surface area is 199 Å². The fourth-order valence-corrected chi connectivity index (χ4v) is 4.50. The van der Waals surface area contributed by atoms with Crippen LogP contribution in [-0.2, 0) is 19.1 Å². The number of rotatable bonds is 5. The number of nitrogens with zero attached hydrogens (tertiary/aromatic N) is 1. The van der Waals surface area contributed by atoms with Gasteiger partial charge in [-0.05, 0) is 29.2 Å². The maximum Gasteiger partial charge on any atom is 0.433 e. The van der Waals surface area contributed by atoms with Crippen molar-refractivity contribution < 1.29 is 37.0 Å². The molecule has 0 radical (unpaired) electrons. The van der Waals surface area contributed by atoms with E-state index in [0.717, 1.165) is 22.3 Å². The van der Waals surface area contributed by atoms with E-state index in [1.165, 1.54) is 14.0 Å². The number of nitrogens with one attached hydrogen (secondary N) is 2. The van der Waals surface area contributed by atoms with Crippen LogP contribution in [0.4, 0.5) is 18.0 Å². The summed E-state index contributed by atoms with van der Waals surface area (Å²) < 4.78 is 50.3. The second-order valence-electron chi connectivity index (χ2n) is 8.29. The minimum Gasteiger partial charge on any atom is -0.449 e. The molecule has 2 N–H and O–H groups in total. The van der Waals surface area contributed by atoms with E-state index >= 15 is 0 Å². The van der Waals surface area contributed by atoms with Crippen LogP contribution in [0, 0.1) is 0 Å². The zero-order valence-electron chi connectivity index (χ0n) is 19.0. The van der Waals surface area contributed by atoms with E-state index < -0.39 is 49.0 Å². The van der Waals surface area contributed by atoms with Crippen molar-refractivity contribution in [2.75, 3.05) is 20.3 Å². The third-order valence-electron chi connectivity index (χ3n) is 6.13. The highest BCUT2D eigenvalue weighted by molar-refractivity contribution is 5.91. The molecule has 186 valence electrons. The lowest BCUT2D eigenvalue weighted by Crippen LogP contribution is -2.58. The van der Waals surface area contributed by atoms with Crippen LogP contribution in [-0.4, -0.2) is 67.6 Å². The number of alkyl halides is 3. The molecule has 4 rings (SSSR count). The van der Waals surface area contributed by atoms with Gasteiger partial charge in [0.05, 0.1) is 6.61 Å². The molecular weight excluding hydrogens is 467 g/mol. The molecule has 1 heterocycles. The van der Waals surface area contributed by atoms with Gasteiger partial charge in [0.25, 0.3) is 0 Å². The van der Waals surface area contributed by atoms with E-state index in [4.69, 9.17) is 9.47 Å². The van der Waals surface area contributed by atoms with Gasteiger partial charge in [-0.3, -0.25) is 14.5 Å². The summed E-state index contributed by atoms with van der Waals surface area (Å²) in [6.07, 6.45) is -8.47. The molecule has 2 aromatic carbocycles. The predicted octanol–water partition coefficient (Wildman–Crippen LogP) is 2.78. The van der Waals surface area contributed by atoms with Crippen molar-refractivity contribution in [2.45, 2.75) is 37.3 Å². The van der Waals surface area contributed by atoms with E-state index in [1.54, 1.807) is 0 Å². The quantitative estimate of drug-likeness (QED) is 0.671. The number of halogens is 3. The summed E-state index contributed by atoms with van der Waals surface area (Å²) in [6, 6.07) is 12.6. The Balaban J connectivity index is 1.43. The molecule has 1 aliphatic heterocycles. The maximum absolute atomic E-state index is 13.4. The Bertz CT molecular complexity index is 1090. The molecule has 3 amide bonds. The highest BCUT2D eigenvalue weighted by atomic mass is 19.4. The molecule has 1 aliphatic carbocycles. The number of carbonyl (C=O) groups excluding carboxylic acids is 3. The van der Waals surface area contributed by atoms with Gasteiger partial charge in [-0.1, -0.05) is 48.5 Å². The SMILES string of the molecule is CNC(=O)[C@@H]1CO[C@H](C(F)(F)F)N1C(=O)[C@H](C)NC(=O)OCC1c2ccccc2-c2ccccc21. The molecule has 11 heteroatoms. The molecule has 35 heavy (non-hydrogen) atoms. The van der Waals surface area contributed by atoms with Crippen LogP contribution in [0.5, 0.6) is 0 Å². The van der Waals surface area contributed by atoms with Gasteiger partial charge in [-0.15, -0.1) is 0 Å². The highest BCUT2D eigenvalue weighted by Crippen LogP contribution is 2.44. The van der Waals surface area contributed by atoms with Crippen molar-refractivity contribution in [3.8, 4) is 11.1 Å². The van der Waals surface area contributed by atoms with E-state index in [9.17, 15) is 27.6 Å². The fraction of sp³-hybridized carbons (Fsp3) is 0.375. The summed E-state index contributed by atoms with van der Waals surface area (Å²) in [7, 11) is 1.24. The monoisotopic (exact) mass is 491 g/mol. The summed E-state index contributed by atoms with van der Waals surface area (Å²) in [6.45, 7) is 0.573. The molecule has 2 aliphatic rings. The summed E-state index contributed by atoms with van der Waals surface area (Å²) in [5.41, 5.74) is 4.05. The molecule has 8 nitrogen and oxygen atoms in total. The summed E-state index contributed by atoms with van der Waals surface area (Å²) >= 11 is 0. The lowest BCUT2D eigenvalue weighted by Gasteiger charge is -2.30. The minimum atomic E-state index is -4.91. The molecule has 3 atom stereocenters. The molecule has 0 unspecified atom stereocenters. The predicted molar refractivity (Wildman–Crippen MR) is 118 cm³/mol. The number of hydrogen-bond donors (Lipinski definition) is 2. The minimum absolute atomic E-state index is 0.0281. The Kier molecular flexibility index (Phi) is 6.70. The second-order valence-corrected chi connectivity index (χ2v) is 8.29. The van der Waals surface area contributed by atoms with Crippen LogP contribution < -0.4 is 10.6 Å². The van der Waals surface area contributed by atoms with Crippen molar-refractivity contribution >= 4 is 17.9 Å². The zero-order valence-corrected chi connectivity index (χ0v) is 19.0. The summed E-state index contributed by atoms with van der Waals surface area (Å²) in [5.74, 6) is -2.15. The number of ether oxygens (including phenoxy) is 2. The Morgan fingerprint density at radius 3 is 2.20 bits per heavy atom. The van der Waals surface area contributed by atoms with E-state index in [0.29, 0.717) is 4.90 Å².